The van der Waals surface area contributed by atoms with Crippen molar-refractivity contribution in [1.82, 2.24) is 9.88 Å². The molecule has 0 unspecified atom stereocenters. The fourth-order valence-corrected chi connectivity index (χ4v) is 5.30. The quantitative estimate of drug-likeness (QED) is 0.687. The normalized spacial score (nSPS) is 19.3. The minimum atomic E-state index is 0.734. The van der Waals surface area contributed by atoms with Gasteiger partial charge in [-0.25, -0.2) is 0 Å². The van der Waals surface area contributed by atoms with Gasteiger partial charge in [-0.05, 0) is 48.4 Å². The second-order valence-electron chi connectivity index (χ2n) is 7.15. The van der Waals surface area contributed by atoms with E-state index < -0.39 is 0 Å². The van der Waals surface area contributed by atoms with Crippen LogP contribution >= 0.6 is 11.3 Å². The maximum absolute atomic E-state index is 4.51. The molecule has 0 spiro atoms. The third-order valence-electron chi connectivity index (χ3n) is 5.78. The van der Waals surface area contributed by atoms with Crippen LogP contribution in [-0.4, -0.2) is 35.6 Å². The van der Waals surface area contributed by atoms with Gasteiger partial charge >= 0.3 is 0 Å². The number of benzene rings is 1. The minimum absolute atomic E-state index is 0.734. The van der Waals surface area contributed by atoms with Crippen molar-refractivity contribution in [3.63, 3.8) is 0 Å². The van der Waals surface area contributed by atoms with Crippen molar-refractivity contribution in [1.29, 1.82) is 0 Å². The fourth-order valence-electron chi connectivity index (χ4n) is 4.41. The molecule has 5 rings (SSSR count). The summed E-state index contributed by atoms with van der Waals surface area (Å²) >= 11 is 1.93. The van der Waals surface area contributed by atoms with Crippen molar-refractivity contribution in [2.24, 2.45) is 0 Å². The van der Waals surface area contributed by atoms with Crippen molar-refractivity contribution < 1.29 is 0 Å². The van der Waals surface area contributed by atoms with E-state index in [1.807, 2.05) is 17.5 Å². The third kappa shape index (κ3) is 2.83. The van der Waals surface area contributed by atoms with E-state index in [9.17, 15) is 0 Å². The van der Waals surface area contributed by atoms with E-state index in [1.165, 1.54) is 36.9 Å². The smallest absolute Gasteiger partial charge is 0.0722 e. The first-order chi connectivity index (χ1) is 12.4. The number of hydrogen-bond donors (Lipinski definition) is 0. The number of fused-ring (bicyclic) bond motifs is 2. The zero-order valence-corrected chi connectivity index (χ0v) is 15.2. The summed E-state index contributed by atoms with van der Waals surface area (Å²) in [6.45, 7) is 4.68. The highest BCUT2D eigenvalue weighted by molar-refractivity contribution is 7.10. The molecule has 1 fully saturated rings. The lowest BCUT2D eigenvalue weighted by atomic mass is 9.99. The van der Waals surface area contributed by atoms with Gasteiger partial charge in [0.2, 0.25) is 0 Å². The van der Waals surface area contributed by atoms with Crippen molar-refractivity contribution in [2.75, 3.05) is 24.5 Å². The van der Waals surface area contributed by atoms with Gasteiger partial charge in [0.15, 0.2) is 0 Å². The number of hydrogen-bond acceptors (Lipinski definition) is 4. The maximum Gasteiger partial charge on any atom is 0.0722 e. The van der Waals surface area contributed by atoms with E-state index in [-0.39, 0.29) is 0 Å². The van der Waals surface area contributed by atoms with E-state index >= 15 is 0 Å². The number of aromatic nitrogens is 1. The molecule has 2 aliphatic heterocycles. The van der Waals surface area contributed by atoms with Gasteiger partial charge in [-0.1, -0.05) is 18.2 Å². The molecule has 0 bridgehead atoms. The van der Waals surface area contributed by atoms with Crippen LogP contribution in [0.25, 0.3) is 10.9 Å². The Hall–Kier alpha value is -1.91. The van der Waals surface area contributed by atoms with E-state index in [1.54, 1.807) is 10.4 Å². The zero-order valence-electron chi connectivity index (χ0n) is 14.4. The molecule has 2 aromatic heterocycles. The van der Waals surface area contributed by atoms with Crippen LogP contribution in [0.1, 0.15) is 23.3 Å². The van der Waals surface area contributed by atoms with Crippen molar-refractivity contribution in [3.05, 3.63) is 58.4 Å². The lowest BCUT2D eigenvalue weighted by Gasteiger charge is -2.41. The van der Waals surface area contributed by atoms with Gasteiger partial charge in [-0.3, -0.25) is 9.88 Å². The van der Waals surface area contributed by atoms with Crippen LogP contribution in [0.3, 0.4) is 0 Å². The molecule has 4 heterocycles. The van der Waals surface area contributed by atoms with Crippen LogP contribution in [0.5, 0.6) is 0 Å². The summed E-state index contributed by atoms with van der Waals surface area (Å²) in [5.74, 6) is 0. The number of piperidine rings is 1. The molecule has 4 heteroatoms. The number of para-hydroxylation sites is 1. The van der Waals surface area contributed by atoms with Gasteiger partial charge in [0.25, 0.3) is 0 Å². The largest absolute Gasteiger partial charge is 0.371 e. The summed E-state index contributed by atoms with van der Waals surface area (Å²) in [5.41, 5.74) is 4.02. The Balaban J connectivity index is 1.30. The van der Waals surface area contributed by atoms with Crippen molar-refractivity contribution in [3.8, 4) is 0 Å². The molecule has 1 saturated heterocycles. The summed E-state index contributed by atoms with van der Waals surface area (Å²) in [4.78, 5) is 11.4. The van der Waals surface area contributed by atoms with Gasteiger partial charge in [-0.15, -0.1) is 11.3 Å². The fraction of sp³-hybridized carbons (Fsp3) is 0.381. The lowest BCUT2D eigenvalue weighted by Crippen LogP contribution is -2.46. The number of pyridine rings is 1. The first kappa shape index (κ1) is 15.4. The molecule has 0 aliphatic carbocycles. The average molecular weight is 350 g/mol. The molecule has 0 atom stereocenters. The molecule has 3 nitrogen and oxygen atoms in total. The highest BCUT2D eigenvalue weighted by Gasteiger charge is 2.28. The maximum atomic E-state index is 4.51. The minimum Gasteiger partial charge on any atom is -0.371 e. The topological polar surface area (TPSA) is 19.4 Å². The van der Waals surface area contributed by atoms with Crippen LogP contribution in [0.4, 0.5) is 5.69 Å². The summed E-state index contributed by atoms with van der Waals surface area (Å²) in [6, 6.07) is 13.7. The summed E-state index contributed by atoms with van der Waals surface area (Å²) in [7, 11) is 0. The molecule has 0 radical (unpaired) electrons. The number of nitrogens with zero attached hydrogens (tertiary/aromatic N) is 3. The van der Waals surface area contributed by atoms with Gasteiger partial charge in [0.1, 0.15) is 0 Å². The Morgan fingerprint density at radius 3 is 2.80 bits per heavy atom. The van der Waals surface area contributed by atoms with E-state index in [2.05, 4.69) is 56.6 Å². The second-order valence-corrected chi connectivity index (χ2v) is 8.16. The van der Waals surface area contributed by atoms with Gasteiger partial charge in [0.05, 0.1) is 5.52 Å². The Bertz CT molecular complexity index is 874. The predicted molar refractivity (Wildman–Crippen MR) is 105 cm³/mol. The summed E-state index contributed by atoms with van der Waals surface area (Å²) < 4.78 is 0. The molecule has 0 saturated carbocycles. The van der Waals surface area contributed by atoms with E-state index in [0.717, 1.165) is 31.2 Å². The van der Waals surface area contributed by atoms with Crippen LogP contribution in [-0.2, 0) is 13.0 Å². The highest BCUT2D eigenvalue weighted by atomic mass is 32.1. The Morgan fingerprint density at radius 2 is 1.88 bits per heavy atom. The summed E-state index contributed by atoms with van der Waals surface area (Å²) in [5, 5.41) is 3.54. The Kier molecular flexibility index (Phi) is 3.95. The standard InChI is InChI=1S/C21H23N3S/c1-2-4-19-18(3-1)20(5-10-22-19)23-11-6-17(7-12-23)24-13-8-21-16(15-24)9-14-25-21/h1-5,9-10,14,17H,6-8,11-13,15H2. The molecule has 0 amide bonds. The molecule has 25 heavy (non-hydrogen) atoms. The second kappa shape index (κ2) is 6.43. The van der Waals surface area contributed by atoms with Crippen molar-refractivity contribution in [2.45, 2.75) is 31.8 Å². The first-order valence-electron chi connectivity index (χ1n) is 9.26. The molecule has 128 valence electrons. The number of rotatable bonds is 2. The van der Waals surface area contributed by atoms with Gasteiger partial charge in [-0.2, -0.15) is 0 Å². The lowest BCUT2D eigenvalue weighted by molar-refractivity contribution is 0.154. The highest BCUT2D eigenvalue weighted by Crippen LogP contribution is 2.31. The molecule has 3 aromatic rings. The Labute approximate surface area is 152 Å². The third-order valence-corrected chi connectivity index (χ3v) is 6.81. The van der Waals surface area contributed by atoms with Crippen molar-refractivity contribution >= 4 is 27.9 Å². The molecular weight excluding hydrogens is 326 g/mol. The predicted octanol–water partition coefficient (Wildman–Crippen LogP) is 4.32. The van der Waals surface area contributed by atoms with E-state index in [0.29, 0.717) is 0 Å². The SMILES string of the molecule is c1ccc2c(N3CCC(N4CCc5sccc5C4)CC3)ccnc2c1. The van der Waals surface area contributed by atoms with Crippen LogP contribution in [0, 0.1) is 0 Å². The van der Waals surface area contributed by atoms with Crippen LogP contribution in [0.2, 0.25) is 0 Å². The van der Waals surface area contributed by atoms with Gasteiger partial charge in [0, 0.05) is 54.4 Å². The monoisotopic (exact) mass is 349 g/mol. The van der Waals surface area contributed by atoms with E-state index in [4.69, 9.17) is 0 Å². The molecular formula is C21H23N3S. The number of thiophene rings is 1. The van der Waals surface area contributed by atoms with Crippen LogP contribution < -0.4 is 4.90 Å². The molecule has 2 aliphatic rings. The summed E-state index contributed by atoms with van der Waals surface area (Å²) in [6.07, 6.45) is 5.71. The number of anilines is 1. The zero-order chi connectivity index (χ0) is 16.6. The Morgan fingerprint density at radius 1 is 1.00 bits per heavy atom. The average Bonchev–Trinajstić information content (AvgIpc) is 3.15. The molecule has 1 aromatic carbocycles. The first-order valence-corrected chi connectivity index (χ1v) is 10.1. The van der Waals surface area contributed by atoms with Gasteiger partial charge < -0.3 is 4.90 Å². The molecule has 0 N–H and O–H groups in total. The van der Waals surface area contributed by atoms with Crippen LogP contribution in [0.15, 0.2) is 48.0 Å².